The first-order chi connectivity index (χ1) is 8.58. The van der Waals surface area contributed by atoms with Gasteiger partial charge in [0.1, 0.15) is 16.8 Å². The largest absolute Gasteiger partial charge is 0.369 e. The number of aryl methyl sites for hydroxylation is 1. The molecule has 0 aliphatic carbocycles. The molecule has 7 heteroatoms. The zero-order chi connectivity index (χ0) is 13.5. The number of rotatable bonds is 6. The molecule has 0 aliphatic heterocycles. The van der Waals surface area contributed by atoms with E-state index in [0.29, 0.717) is 37.4 Å². The van der Waals surface area contributed by atoms with Gasteiger partial charge >= 0.3 is 0 Å². The summed E-state index contributed by atoms with van der Waals surface area (Å²) < 4.78 is 0. The van der Waals surface area contributed by atoms with Crippen molar-refractivity contribution in [1.82, 2.24) is 15.3 Å². The molecule has 1 aromatic rings. The minimum Gasteiger partial charge on any atom is -0.369 e. The van der Waals surface area contributed by atoms with Gasteiger partial charge in [-0.3, -0.25) is 9.59 Å². The monoisotopic (exact) mass is 270 g/mol. The second-order valence-electron chi connectivity index (χ2n) is 3.57. The van der Waals surface area contributed by atoms with Gasteiger partial charge in [-0.15, -0.1) is 0 Å². The first kappa shape index (κ1) is 14.4. The predicted molar refractivity (Wildman–Crippen MR) is 69.0 cm³/mol. The number of amides is 1. The van der Waals surface area contributed by atoms with E-state index in [2.05, 4.69) is 20.6 Å². The molecule has 1 aromatic heterocycles. The lowest BCUT2D eigenvalue weighted by Gasteiger charge is -2.09. The van der Waals surface area contributed by atoms with E-state index >= 15 is 0 Å². The fourth-order valence-electron chi connectivity index (χ4n) is 1.37. The summed E-state index contributed by atoms with van der Waals surface area (Å²) in [5.41, 5.74) is 0.207. The molecule has 0 atom stereocenters. The van der Waals surface area contributed by atoms with Gasteiger partial charge < -0.3 is 10.6 Å². The Hall–Kier alpha value is -1.69. The number of carbonyl (C=O) groups is 2. The molecule has 0 spiro atoms. The van der Waals surface area contributed by atoms with Crippen molar-refractivity contribution in [1.29, 1.82) is 0 Å². The van der Waals surface area contributed by atoms with Crippen LogP contribution < -0.4 is 10.6 Å². The van der Waals surface area contributed by atoms with Crippen LogP contribution in [0.25, 0.3) is 0 Å². The lowest BCUT2D eigenvalue weighted by Crippen LogP contribution is -2.25. The van der Waals surface area contributed by atoms with Crippen LogP contribution in [0.5, 0.6) is 0 Å². The molecule has 0 radical (unpaired) electrons. The highest BCUT2D eigenvalue weighted by Gasteiger charge is 2.10. The maximum Gasteiger partial charge on any atom is 0.221 e. The van der Waals surface area contributed by atoms with Crippen LogP contribution in [0.4, 0.5) is 5.82 Å². The van der Waals surface area contributed by atoms with Gasteiger partial charge in [0.2, 0.25) is 5.91 Å². The second kappa shape index (κ2) is 6.90. The first-order valence-corrected chi connectivity index (χ1v) is 5.96. The van der Waals surface area contributed by atoms with Crippen LogP contribution in [0.2, 0.25) is 5.15 Å². The van der Waals surface area contributed by atoms with Crippen LogP contribution in [0.3, 0.4) is 0 Å². The molecule has 98 valence electrons. The van der Waals surface area contributed by atoms with Crippen LogP contribution in [0, 0.1) is 6.92 Å². The van der Waals surface area contributed by atoms with Crippen molar-refractivity contribution in [3.05, 3.63) is 16.5 Å². The molecule has 0 aliphatic rings. The molecule has 2 N–H and O–H groups in total. The number of hydrogen-bond acceptors (Lipinski definition) is 5. The van der Waals surface area contributed by atoms with Gasteiger partial charge in [-0.1, -0.05) is 11.6 Å². The van der Waals surface area contributed by atoms with Crippen molar-refractivity contribution < 1.29 is 9.59 Å². The molecule has 0 saturated carbocycles. The average molecular weight is 271 g/mol. The summed E-state index contributed by atoms with van der Waals surface area (Å²) in [6.45, 7) is 4.50. The van der Waals surface area contributed by atoms with E-state index in [1.54, 1.807) is 6.92 Å². The smallest absolute Gasteiger partial charge is 0.221 e. The number of nitrogens with one attached hydrogen (secondary N) is 2. The van der Waals surface area contributed by atoms with Gasteiger partial charge in [-0.2, -0.15) is 0 Å². The Balaban J connectivity index is 2.67. The van der Waals surface area contributed by atoms with Crippen molar-refractivity contribution in [3.8, 4) is 0 Å². The molecule has 6 nitrogen and oxygen atoms in total. The SMILES string of the molecule is CCNC(=O)CCNc1nc(C)nc(Cl)c1C=O. The van der Waals surface area contributed by atoms with Crippen LogP contribution in [0.1, 0.15) is 29.5 Å². The summed E-state index contributed by atoms with van der Waals surface area (Å²) in [6.07, 6.45) is 0.892. The minimum absolute atomic E-state index is 0.0606. The Bertz CT molecular complexity index is 451. The molecule has 0 aromatic carbocycles. The molecule has 0 unspecified atom stereocenters. The summed E-state index contributed by atoms with van der Waals surface area (Å²) in [7, 11) is 0. The minimum atomic E-state index is -0.0606. The van der Waals surface area contributed by atoms with Crippen molar-refractivity contribution in [2.45, 2.75) is 20.3 Å². The molecule has 1 heterocycles. The highest BCUT2D eigenvalue weighted by Crippen LogP contribution is 2.18. The zero-order valence-corrected chi connectivity index (χ0v) is 11.0. The van der Waals surface area contributed by atoms with Crippen LogP contribution in [0.15, 0.2) is 0 Å². The van der Waals surface area contributed by atoms with E-state index in [0.717, 1.165) is 0 Å². The van der Waals surface area contributed by atoms with Crippen LogP contribution in [-0.2, 0) is 4.79 Å². The summed E-state index contributed by atoms with van der Waals surface area (Å²) in [5.74, 6) is 0.757. The maximum atomic E-state index is 11.2. The Morgan fingerprint density at radius 3 is 2.78 bits per heavy atom. The first-order valence-electron chi connectivity index (χ1n) is 5.58. The van der Waals surface area contributed by atoms with Gasteiger partial charge in [0.05, 0.1) is 5.56 Å². The van der Waals surface area contributed by atoms with E-state index in [9.17, 15) is 9.59 Å². The van der Waals surface area contributed by atoms with Crippen molar-refractivity contribution in [2.24, 2.45) is 0 Å². The summed E-state index contributed by atoms with van der Waals surface area (Å²) >= 11 is 5.82. The van der Waals surface area contributed by atoms with Crippen molar-refractivity contribution in [3.63, 3.8) is 0 Å². The number of carbonyl (C=O) groups excluding carboxylic acids is 2. The van der Waals surface area contributed by atoms with Gasteiger partial charge in [-0.25, -0.2) is 9.97 Å². The molecule has 0 saturated heterocycles. The number of nitrogens with zero attached hydrogens (tertiary/aromatic N) is 2. The lowest BCUT2D eigenvalue weighted by atomic mass is 10.3. The topological polar surface area (TPSA) is 84.0 Å². The maximum absolute atomic E-state index is 11.2. The van der Waals surface area contributed by atoms with Gasteiger partial charge in [0.25, 0.3) is 0 Å². The molecular formula is C11H15ClN4O2. The number of aromatic nitrogens is 2. The van der Waals surface area contributed by atoms with Crippen molar-refractivity contribution in [2.75, 3.05) is 18.4 Å². The molecular weight excluding hydrogens is 256 g/mol. The highest BCUT2D eigenvalue weighted by molar-refractivity contribution is 6.32. The molecule has 0 fully saturated rings. The van der Waals surface area contributed by atoms with E-state index < -0.39 is 0 Å². The summed E-state index contributed by atoms with van der Waals surface area (Å²) in [6, 6.07) is 0. The average Bonchev–Trinajstić information content (AvgIpc) is 2.28. The fraction of sp³-hybridized carbons (Fsp3) is 0.455. The Morgan fingerprint density at radius 2 is 2.17 bits per heavy atom. The normalized spacial score (nSPS) is 9.94. The Kier molecular flexibility index (Phi) is 5.51. The molecule has 18 heavy (non-hydrogen) atoms. The van der Waals surface area contributed by atoms with E-state index in [1.165, 1.54) is 0 Å². The summed E-state index contributed by atoms with van der Waals surface area (Å²) in [4.78, 5) is 30.1. The summed E-state index contributed by atoms with van der Waals surface area (Å²) in [5, 5.41) is 5.69. The second-order valence-corrected chi connectivity index (χ2v) is 3.93. The third kappa shape index (κ3) is 3.96. The third-order valence-electron chi connectivity index (χ3n) is 2.15. The highest BCUT2D eigenvalue weighted by atomic mass is 35.5. The van der Waals surface area contributed by atoms with Gasteiger partial charge in [-0.05, 0) is 13.8 Å². The van der Waals surface area contributed by atoms with Gasteiger partial charge in [0.15, 0.2) is 6.29 Å². The zero-order valence-electron chi connectivity index (χ0n) is 10.3. The van der Waals surface area contributed by atoms with E-state index in [4.69, 9.17) is 11.6 Å². The predicted octanol–water partition coefficient (Wildman–Crippen LogP) is 1.19. The Morgan fingerprint density at radius 1 is 1.44 bits per heavy atom. The Labute approximate surface area is 110 Å². The number of anilines is 1. The van der Waals surface area contributed by atoms with Crippen LogP contribution in [-0.4, -0.2) is 35.3 Å². The van der Waals surface area contributed by atoms with Crippen LogP contribution >= 0.6 is 11.6 Å². The third-order valence-corrected chi connectivity index (χ3v) is 2.44. The molecule has 1 amide bonds. The molecule has 0 bridgehead atoms. The molecule has 1 rings (SSSR count). The number of aldehydes is 1. The standard InChI is InChI=1S/C11H15ClN4O2/c1-3-13-9(18)4-5-14-11-8(6-17)10(12)15-7(2)16-11/h6H,3-5H2,1-2H3,(H,13,18)(H,14,15,16). The quantitative estimate of drug-likeness (QED) is 0.599. The van der Waals surface area contributed by atoms with E-state index in [1.807, 2.05) is 6.92 Å². The lowest BCUT2D eigenvalue weighted by molar-refractivity contribution is -0.120. The fourth-order valence-corrected chi connectivity index (χ4v) is 1.62. The van der Waals surface area contributed by atoms with Crippen molar-refractivity contribution >= 4 is 29.6 Å². The number of hydrogen-bond donors (Lipinski definition) is 2. The van der Waals surface area contributed by atoms with E-state index in [-0.39, 0.29) is 16.6 Å². The number of halogens is 1. The van der Waals surface area contributed by atoms with Gasteiger partial charge in [0, 0.05) is 19.5 Å².